The summed E-state index contributed by atoms with van der Waals surface area (Å²) in [5.74, 6) is 0.113. The average molecular weight is 294 g/mol. The zero-order valence-electron chi connectivity index (χ0n) is 12.7. The molecule has 2 aromatic carbocycles. The Kier molecular flexibility index (Phi) is 4.54. The predicted octanol–water partition coefficient (Wildman–Crippen LogP) is 2.84. The maximum Gasteiger partial charge on any atom is 0.254 e. The molecule has 0 unspecified atom stereocenters. The smallest absolute Gasteiger partial charge is 0.254 e. The number of nitrogens with zero attached hydrogens (tertiary/aromatic N) is 1. The fraction of sp³-hybridized carbons (Fsp3) is 0.316. The van der Waals surface area contributed by atoms with E-state index in [-0.39, 0.29) is 11.9 Å². The number of hydrogen-bond acceptors (Lipinski definition) is 2. The molecule has 0 spiro atoms. The molecule has 0 bridgehead atoms. The Morgan fingerprint density at radius 2 is 1.82 bits per heavy atom. The molecule has 1 aliphatic heterocycles. The highest BCUT2D eigenvalue weighted by Crippen LogP contribution is 2.18. The van der Waals surface area contributed by atoms with Crippen molar-refractivity contribution in [3.63, 3.8) is 0 Å². The van der Waals surface area contributed by atoms with E-state index >= 15 is 0 Å². The lowest BCUT2D eigenvalue weighted by Gasteiger charge is -2.31. The number of likely N-dealkylation sites (tertiary alicyclic amines) is 1. The third kappa shape index (κ3) is 3.37. The van der Waals surface area contributed by atoms with Crippen LogP contribution in [0.1, 0.15) is 34.3 Å². The molecule has 0 aliphatic carbocycles. The molecule has 3 heteroatoms. The Hall–Kier alpha value is -2.13. The molecule has 114 valence electrons. The molecule has 1 amide bonds. The Bertz CT molecular complexity index is 639. The van der Waals surface area contributed by atoms with Crippen molar-refractivity contribution in [2.75, 3.05) is 13.1 Å². The van der Waals surface area contributed by atoms with Gasteiger partial charge in [-0.05, 0) is 36.5 Å². The molecular formula is C19H22N2O. The van der Waals surface area contributed by atoms with Crippen LogP contribution in [-0.4, -0.2) is 29.9 Å². The molecule has 3 rings (SSSR count). The number of nitrogens with two attached hydrogens (primary N) is 1. The number of piperidine rings is 1. The third-order valence-corrected chi connectivity index (χ3v) is 4.23. The molecule has 1 fully saturated rings. The summed E-state index contributed by atoms with van der Waals surface area (Å²) in [6, 6.07) is 18.3. The number of carbonyl (C=O) groups excluding carboxylic acids is 1. The first-order valence-corrected chi connectivity index (χ1v) is 7.91. The van der Waals surface area contributed by atoms with Crippen LogP contribution in [0.4, 0.5) is 0 Å². The molecule has 2 aromatic rings. The van der Waals surface area contributed by atoms with Gasteiger partial charge < -0.3 is 10.6 Å². The van der Waals surface area contributed by atoms with Gasteiger partial charge in [-0.1, -0.05) is 48.5 Å². The van der Waals surface area contributed by atoms with Gasteiger partial charge in [-0.15, -0.1) is 0 Å². The average Bonchev–Trinajstić information content (AvgIpc) is 2.56. The van der Waals surface area contributed by atoms with E-state index in [0.29, 0.717) is 6.54 Å². The van der Waals surface area contributed by atoms with E-state index in [2.05, 4.69) is 12.1 Å². The van der Waals surface area contributed by atoms with Crippen LogP contribution in [-0.2, 0) is 6.42 Å². The summed E-state index contributed by atoms with van der Waals surface area (Å²) in [6.45, 7) is 1.48. The van der Waals surface area contributed by atoms with Crippen molar-refractivity contribution in [3.8, 4) is 0 Å². The van der Waals surface area contributed by atoms with E-state index in [1.807, 2.05) is 47.4 Å². The summed E-state index contributed by atoms with van der Waals surface area (Å²) in [5.41, 5.74) is 9.12. The van der Waals surface area contributed by atoms with Crippen LogP contribution in [0.5, 0.6) is 0 Å². The van der Waals surface area contributed by atoms with Gasteiger partial charge in [-0.3, -0.25) is 4.79 Å². The van der Waals surface area contributed by atoms with E-state index in [9.17, 15) is 4.79 Å². The van der Waals surface area contributed by atoms with Gasteiger partial charge in [0.25, 0.3) is 5.91 Å². The lowest BCUT2D eigenvalue weighted by Crippen LogP contribution is -2.45. The minimum Gasteiger partial charge on any atom is -0.337 e. The highest BCUT2D eigenvalue weighted by Gasteiger charge is 2.23. The Morgan fingerprint density at radius 3 is 2.59 bits per heavy atom. The molecule has 22 heavy (non-hydrogen) atoms. The third-order valence-electron chi connectivity index (χ3n) is 4.23. The first kappa shape index (κ1) is 14.8. The molecular weight excluding hydrogens is 272 g/mol. The van der Waals surface area contributed by atoms with Crippen molar-refractivity contribution in [2.45, 2.75) is 25.3 Å². The molecule has 1 aliphatic rings. The summed E-state index contributed by atoms with van der Waals surface area (Å²) in [6.07, 6.45) is 2.78. The van der Waals surface area contributed by atoms with E-state index in [4.69, 9.17) is 5.73 Å². The quantitative estimate of drug-likeness (QED) is 0.946. The van der Waals surface area contributed by atoms with E-state index < -0.39 is 0 Å². The van der Waals surface area contributed by atoms with Gasteiger partial charge >= 0.3 is 0 Å². The summed E-state index contributed by atoms with van der Waals surface area (Å²) < 4.78 is 0. The molecule has 1 heterocycles. The second kappa shape index (κ2) is 6.75. The topological polar surface area (TPSA) is 46.3 Å². The van der Waals surface area contributed by atoms with Crippen LogP contribution in [0.2, 0.25) is 0 Å². The normalized spacial score (nSPS) is 18.2. The highest BCUT2D eigenvalue weighted by atomic mass is 16.2. The van der Waals surface area contributed by atoms with Crippen molar-refractivity contribution in [1.82, 2.24) is 4.90 Å². The zero-order chi connectivity index (χ0) is 15.4. The summed E-state index contributed by atoms with van der Waals surface area (Å²) in [7, 11) is 0. The van der Waals surface area contributed by atoms with Crippen molar-refractivity contribution >= 4 is 5.91 Å². The fourth-order valence-electron chi connectivity index (χ4n) is 3.06. The summed E-state index contributed by atoms with van der Waals surface area (Å²) in [5, 5.41) is 0. The predicted molar refractivity (Wildman–Crippen MR) is 88.8 cm³/mol. The Labute approximate surface area is 131 Å². The van der Waals surface area contributed by atoms with Gasteiger partial charge in [0.1, 0.15) is 0 Å². The highest BCUT2D eigenvalue weighted by molar-refractivity contribution is 5.96. The standard InChI is InChI=1S/C19H22N2O/c20-17-10-6-12-21(14-17)19(22)18-11-5-4-9-16(18)13-15-7-2-1-3-8-15/h1-5,7-9,11,17H,6,10,12-14,20H2/t17-/m1/s1. The first-order valence-electron chi connectivity index (χ1n) is 7.91. The SMILES string of the molecule is N[C@@H]1CCCN(C(=O)c2ccccc2Cc2ccccc2)C1. The number of benzene rings is 2. The van der Waals surface area contributed by atoms with Crippen molar-refractivity contribution in [1.29, 1.82) is 0 Å². The molecule has 2 N–H and O–H groups in total. The minimum atomic E-state index is 0.110. The van der Waals surface area contributed by atoms with E-state index in [0.717, 1.165) is 36.9 Å². The van der Waals surface area contributed by atoms with Crippen LogP contribution >= 0.6 is 0 Å². The van der Waals surface area contributed by atoms with Gasteiger partial charge in [0.2, 0.25) is 0 Å². The first-order chi connectivity index (χ1) is 10.7. The molecule has 1 saturated heterocycles. The van der Waals surface area contributed by atoms with Gasteiger partial charge in [0, 0.05) is 24.7 Å². The number of rotatable bonds is 3. The molecule has 3 nitrogen and oxygen atoms in total. The van der Waals surface area contributed by atoms with Crippen LogP contribution in [0, 0.1) is 0 Å². The van der Waals surface area contributed by atoms with Gasteiger partial charge in [0.15, 0.2) is 0 Å². The lowest BCUT2D eigenvalue weighted by atomic mass is 9.98. The van der Waals surface area contributed by atoms with Gasteiger partial charge in [-0.2, -0.15) is 0 Å². The lowest BCUT2D eigenvalue weighted by molar-refractivity contribution is 0.0708. The summed E-state index contributed by atoms with van der Waals surface area (Å²) in [4.78, 5) is 14.7. The summed E-state index contributed by atoms with van der Waals surface area (Å²) >= 11 is 0. The van der Waals surface area contributed by atoms with Crippen LogP contribution in [0.25, 0.3) is 0 Å². The molecule has 0 aromatic heterocycles. The number of amides is 1. The number of carbonyl (C=O) groups is 1. The van der Waals surface area contributed by atoms with Crippen LogP contribution < -0.4 is 5.73 Å². The minimum absolute atomic E-state index is 0.110. The van der Waals surface area contributed by atoms with Crippen molar-refractivity contribution < 1.29 is 4.79 Å². The largest absolute Gasteiger partial charge is 0.337 e. The molecule has 0 saturated carbocycles. The fourth-order valence-corrected chi connectivity index (χ4v) is 3.06. The van der Waals surface area contributed by atoms with Crippen molar-refractivity contribution in [2.24, 2.45) is 5.73 Å². The zero-order valence-corrected chi connectivity index (χ0v) is 12.7. The van der Waals surface area contributed by atoms with E-state index in [1.54, 1.807) is 0 Å². The second-order valence-corrected chi connectivity index (χ2v) is 5.97. The van der Waals surface area contributed by atoms with E-state index in [1.165, 1.54) is 5.56 Å². The monoisotopic (exact) mass is 294 g/mol. The second-order valence-electron chi connectivity index (χ2n) is 5.97. The number of hydrogen-bond donors (Lipinski definition) is 1. The maximum atomic E-state index is 12.8. The maximum absolute atomic E-state index is 12.8. The van der Waals surface area contributed by atoms with Crippen molar-refractivity contribution in [3.05, 3.63) is 71.3 Å². The molecule has 0 radical (unpaired) electrons. The molecule has 1 atom stereocenters. The van der Waals surface area contributed by atoms with Gasteiger partial charge in [0.05, 0.1) is 0 Å². The van der Waals surface area contributed by atoms with Gasteiger partial charge in [-0.25, -0.2) is 0 Å². The van der Waals surface area contributed by atoms with Crippen LogP contribution in [0.15, 0.2) is 54.6 Å². The Morgan fingerprint density at radius 1 is 1.09 bits per heavy atom. The van der Waals surface area contributed by atoms with Crippen LogP contribution in [0.3, 0.4) is 0 Å². The Balaban J connectivity index is 1.83.